The van der Waals surface area contributed by atoms with Crippen LogP contribution in [0.15, 0.2) is 36.4 Å². The molecular weight excluding hydrogens is 376 g/mol. The number of hydrogen-bond donors (Lipinski definition) is 1. The van der Waals surface area contributed by atoms with Crippen molar-refractivity contribution in [2.75, 3.05) is 33.8 Å². The molecule has 3 atom stereocenters. The number of aliphatic hydroxyl groups is 1. The molecule has 5 nitrogen and oxygen atoms in total. The standard InChI is InChI=1S/C25H36N2O3/c1-17-11-23(12-18(2)20(17)4)30-25-15-27(14-24(25)28)13-21-7-9-22(10-8-21)29-16-19(3)26(5)6/h7-12,19,24-25,28H,13-16H2,1-6H3/t19-,24-,25-/m0/s1. The average molecular weight is 413 g/mol. The number of aliphatic hydroxyl groups excluding tert-OH is 1. The highest BCUT2D eigenvalue weighted by atomic mass is 16.5. The Kier molecular flexibility index (Phi) is 7.40. The van der Waals surface area contributed by atoms with E-state index < -0.39 is 6.10 Å². The number of benzene rings is 2. The number of rotatable bonds is 8. The quantitative estimate of drug-likeness (QED) is 0.718. The van der Waals surface area contributed by atoms with E-state index in [1.54, 1.807) is 0 Å². The first-order valence-corrected chi connectivity index (χ1v) is 10.8. The van der Waals surface area contributed by atoms with E-state index in [0.29, 0.717) is 25.7 Å². The van der Waals surface area contributed by atoms with Gasteiger partial charge < -0.3 is 19.5 Å². The van der Waals surface area contributed by atoms with E-state index in [0.717, 1.165) is 18.0 Å². The molecule has 0 unspecified atom stereocenters. The van der Waals surface area contributed by atoms with Gasteiger partial charge in [0.1, 0.15) is 30.3 Å². The summed E-state index contributed by atoms with van der Waals surface area (Å²) in [5.41, 5.74) is 4.94. The molecular formula is C25H36N2O3. The topological polar surface area (TPSA) is 45.2 Å². The van der Waals surface area contributed by atoms with E-state index in [2.05, 4.69) is 75.9 Å². The minimum Gasteiger partial charge on any atom is -0.492 e. The third kappa shape index (κ3) is 5.75. The molecule has 0 aromatic heterocycles. The highest BCUT2D eigenvalue weighted by molar-refractivity contribution is 5.40. The summed E-state index contributed by atoms with van der Waals surface area (Å²) in [6, 6.07) is 12.7. The monoisotopic (exact) mass is 412 g/mol. The van der Waals surface area contributed by atoms with Gasteiger partial charge in [-0.2, -0.15) is 0 Å². The Morgan fingerprint density at radius 2 is 1.67 bits per heavy atom. The molecule has 1 fully saturated rings. The van der Waals surface area contributed by atoms with Crippen molar-refractivity contribution in [1.29, 1.82) is 0 Å². The summed E-state index contributed by atoms with van der Waals surface area (Å²) >= 11 is 0. The van der Waals surface area contributed by atoms with E-state index in [4.69, 9.17) is 9.47 Å². The van der Waals surface area contributed by atoms with Gasteiger partial charge in [-0.25, -0.2) is 0 Å². The van der Waals surface area contributed by atoms with Gasteiger partial charge in [0.05, 0.1) is 0 Å². The Morgan fingerprint density at radius 3 is 2.27 bits per heavy atom. The maximum absolute atomic E-state index is 10.5. The van der Waals surface area contributed by atoms with E-state index in [1.807, 2.05) is 12.1 Å². The molecule has 0 aliphatic carbocycles. The maximum Gasteiger partial charge on any atom is 0.138 e. The minimum absolute atomic E-state index is 0.207. The Morgan fingerprint density at radius 1 is 1.03 bits per heavy atom. The normalized spacial score (nSPS) is 20.5. The van der Waals surface area contributed by atoms with Gasteiger partial charge in [-0.3, -0.25) is 4.90 Å². The molecule has 0 radical (unpaired) electrons. The van der Waals surface area contributed by atoms with Gasteiger partial charge in [0, 0.05) is 25.7 Å². The highest BCUT2D eigenvalue weighted by Gasteiger charge is 2.33. The van der Waals surface area contributed by atoms with Crippen LogP contribution in [0.4, 0.5) is 0 Å². The summed E-state index contributed by atoms with van der Waals surface area (Å²) in [6.07, 6.45) is -0.691. The predicted molar refractivity (Wildman–Crippen MR) is 121 cm³/mol. The lowest BCUT2D eigenvalue weighted by molar-refractivity contribution is 0.0736. The molecule has 1 heterocycles. The number of aryl methyl sites for hydroxylation is 2. The smallest absolute Gasteiger partial charge is 0.138 e. The SMILES string of the molecule is Cc1cc(O[C@H]2CN(Cc3ccc(OC[C@H](C)N(C)C)cc3)C[C@@H]2O)cc(C)c1C. The van der Waals surface area contributed by atoms with Gasteiger partial charge >= 0.3 is 0 Å². The fourth-order valence-electron chi connectivity index (χ4n) is 3.63. The Hall–Kier alpha value is -2.08. The molecule has 2 aromatic rings. The summed E-state index contributed by atoms with van der Waals surface area (Å²) in [5.74, 6) is 1.73. The van der Waals surface area contributed by atoms with Gasteiger partial charge in [-0.05, 0) is 88.3 Å². The first kappa shape index (κ1) is 22.6. The molecule has 0 spiro atoms. The molecule has 0 saturated carbocycles. The number of β-amino-alcohol motifs (C(OH)–C–C–N with tert-alkyl or cyclic N) is 1. The van der Waals surface area contributed by atoms with Gasteiger partial charge in [0.2, 0.25) is 0 Å². The molecule has 2 aromatic carbocycles. The van der Waals surface area contributed by atoms with Crippen molar-refractivity contribution in [3.8, 4) is 11.5 Å². The van der Waals surface area contributed by atoms with Crippen molar-refractivity contribution in [3.05, 3.63) is 58.7 Å². The third-order valence-corrected chi connectivity index (χ3v) is 6.20. The first-order chi connectivity index (χ1) is 14.2. The Balaban J connectivity index is 1.53. The van der Waals surface area contributed by atoms with Gasteiger partial charge in [-0.15, -0.1) is 0 Å². The molecule has 1 saturated heterocycles. The van der Waals surface area contributed by atoms with Crippen LogP contribution in [0.5, 0.6) is 11.5 Å². The van der Waals surface area contributed by atoms with Gasteiger partial charge in [0.15, 0.2) is 0 Å². The zero-order chi connectivity index (χ0) is 21.8. The maximum atomic E-state index is 10.5. The predicted octanol–water partition coefficient (Wildman–Crippen LogP) is 3.56. The third-order valence-electron chi connectivity index (χ3n) is 6.20. The van der Waals surface area contributed by atoms with Crippen molar-refractivity contribution in [2.45, 2.75) is 52.5 Å². The average Bonchev–Trinajstić information content (AvgIpc) is 3.03. The van der Waals surface area contributed by atoms with Crippen LogP contribution in [0, 0.1) is 20.8 Å². The highest BCUT2D eigenvalue weighted by Crippen LogP contribution is 2.25. The molecule has 1 aliphatic rings. The van der Waals surface area contributed by atoms with Crippen LogP contribution in [0.25, 0.3) is 0 Å². The van der Waals surface area contributed by atoms with Gasteiger partial charge in [0.25, 0.3) is 0 Å². The van der Waals surface area contributed by atoms with Crippen molar-refractivity contribution < 1.29 is 14.6 Å². The number of likely N-dealkylation sites (N-methyl/N-ethyl adjacent to an activating group) is 1. The van der Waals surface area contributed by atoms with E-state index in [9.17, 15) is 5.11 Å². The molecule has 3 rings (SSSR count). The van der Waals surface area contributed by atoms with Crippen LogP contribution >= 0.6 is 0 Å². The molecule has 30 heavy (non-hydrogen) atoms. The summed E-state index contributed by atoms with van der Waals surface area (Å²) in [5, 5.41) is 10.5. The van der Waals surface area contributed by atoms with Crippen LogP contribution in [-0.4, -0.2) is 66.9 Å². The summed E-state index contributed by atoms with van der Waals surface area (Å²) in [7, 11) is 4.11. The van der Waals surface area contributed by atoms with Crippen LogP contribution in [-0.2, 0) is 6.54 Å². The second-order valence-electron chi connectivity index (χ2n) is 8.87. The zero-order valence-corrected chi connectivity index (χ0v) is 19.2. The van der Waals surface area contributed by atoms with Gasteiger partial charge in [-0.1, -0.05) is 12.1 Å². The summed E-state index contributed by atoms with van der Waals surface area (Å²) < 4.78 is 12.0. The number of ether oxygens (including phenoxy) is 2. The lowest BCUT2D eigenvalue weighted by atomic mass is 10.0. The zero-order valence-electron chi connectivity index (χ0n) is 19.2. The Bertz CT molecular complexity index is 812. The van der Waals surface area contributed by atoms with E-state index in [1.165, 1.54) is 22.3 Å². The fourth-order valence-corrected chi connectivity index (χ4v) is 3.63. The molecule has 1 N–H and O–H groups in total. The molecule has 1 aliphatic heterocycles. The lowest BCUT2D eigenvalue weighted by Crippen LogP contribution is -2.30. The van der Waals surface area contributed by atoms with Crippen molar-refractivity contribution in [1.82, 2.24) is 9.80 Å². The largest absolute Gasteiger partial charge is 0.492 e. The van der Waals surface area contributed by atoms with Crippen molar-refractivity contribution in [2.24, 2.45) is 0 Å². The van der Waals surface area contributed by atoms with Crippen LogP contribution in [0.1, 0.15) is 29.2 Å². The fraction of sp³-hybridized carbons (Fsp3) is 0.520. The lowest BCUT2D eigenvalue weighted by Gasteiger charge is -2.20. The second-order valence-corrected chi connectivity index (χ2v) is 8.87. The Labute approximate surface area is 181 Å². The summed E-state index contributed by atoms with van der Waals surface area (Å²) in [4.78, 5) is 4.39. The second kappa shape index (κ2) is 9.82. The first-order valence-electron chi connectivity index (χ1n) is 10.8. The molecule has 5 heteroatoms. The van der Waals surface area contributed by atoms with Crippen molar-refractivity contribution >= 4 is 0 Å². The van der Waals surface area contributed by atoms with Crippen LogP contribution < -0.4 is 9.47 Å². The molecule has 0 amide bonds. The van der Waals surface area contributed by atoms with E-state index in [-0.39, 0.29) is 6.10 Å². The van der Waals surface area contributed by atoms with Crippen molar-refractivity contribution in [3.63, 3.8) is 0 Å². The number of nitrogens with zero attached hydrogens (tertiary/aromatic N) is 2. The van der Waals surface area contributed by atoms with Crippen LogP contribution in [0.2, 0.25) is 0 Å². The van der Waals surface area contributed by atoms with Crippen LogP contribution in [0.3, 0.4) is 0 Å². The molecule has 164 valence electrons. The number of hydrogen-bond acceptors (Lipinski definition) is 5. The van der Waals surface area contributed by atoms with E-state index >= 15 is 0 Å². The molecule has 0 bridgehead atoms. The number of likely N-dealkylation sites (tertiary alicyclic amines) is 1. The minimum atomic E-state index is -0.484. The summed E-state index contributed by atoms with van der Waals surface area (Å²) in [6.45, 7) is 11.3.